The quantitative estimate of drug-likeness (QED) is 0.891. The Morgan fingerprint density at radius 1 is 1.40 bits per heavy atom. The van der Waals surface area contributed by atoms with Crippen molar-refractivity contribution in [2.45, 2.75) is 18.5 Å². The van der Waals surface area contributed by atoms with Crippen LogP contribution in [0.4, 0.5) is 0 Å². The second-order valence-corrected chi connectivity index (χ2v) is 7.36. The van der Waals surface area contributed by atoms with Crippen molar-refractivity contribution >= 4 is 27.3 Å². The van der Waals surface area contributed by atoms with E-state index in [1.165, 1.54) is 15.8 Å². The zero-order chi connectivity index (χ0) is 13.9. The summed E-state index contributed by atoms with van der Waals surface area (Å²) in [6.45, 7) is 6.91. The monoisotopic (exact) mass is 359 g/mol. The third-order valence-corrected chi connectivity index (χ3v) is 6.13. The number of halogens is 1. The first-order valence-electron chi connectivity index (χ1n) is 7.28. The van der Waals surface area contributed by atoms with Crippen LogP contribution in [0.1, 0.15) is 17.3 Å². The van der Waals surface area contributed by atoms with Crippen LogP contribution < -0.4 is 5.73 Å². The third kappa shape index (κ3) is 3.26. The summed E-state index contributed by atoms with van der Waals surface area (Å²) in [4.78, 5) is 6.52. The highest BCUT2D eigenvalue weighted by Crippen LogP contribution is 2.32. The number of morpholine rings is 1. The summed E-state index contributed by atoms with van der Waals surface area (Å²) in [6.07, 6.45) is 1.25. The fraction of sp³-hybridized carbons (Fsp3) is 0.714. The van der Waals surface area contributed by atoms with E-state index in [2.05, 4.69) is 37.2 Å². The van der Waals surface area contributed by atoms with Gasteiger partial charge in [0, 0.05) is 53.5 Å². The fourth-order valence-electron chi connectivity index (χ4n) is 3.24. The number of thiophene rings is 1. The molecule has 0 bridgehead atoms. The molecule has 1 aromatic heterocycles. The van der Waals surface area contributed by atoms with Gasteiger partial charge < -0.3 is 10.5 Å². The average molecular weight is 360 g/mol. The van der Waals surface area contributed by atoms with Gasteiger partial charge in [0.05, 0.1) is 19.3 Å². The molecule has 0 aliphatic carbocycles. The molecule has 0 aromatic carbocycles. The predicted octanol–water partition coefficient (Wildman–Crippen LogP) is 1.92. The first kappa shape index (κ1) is 14.9. The highest BCUT2D eigenvalue weighted by molar-refractivity contribution is 9.10. The van der Waals surface area contributed by atoms with Gasteiger partial charge in [0.2, 0.25) is 0 Å². The molecule has 1 aromatic rings. The summed E-state index contributed by atoms with van der Waals surface area (Å²) in [7, 11) is 0. The molecular weight excluding hydrogens is 338 g/mol. The maximum Gasteiger partial charge on any atom is 0.0594 e. The Bertz CT molecular complexity index is 436. The second kappa shape index (κ2) is 6.85. The standard InChI is InChI=1S/C14H22BrN3OS/c15-11-7-14(20-10-11)13(8-16)18-2-1-12(9-18)17-3-5-19-6-4-17/h7,10,12-13H,1-6,8-9,16H2. The molecule has 112 valence electrons. The van der Waals surface area contributed by atoms with Crippen molar-refractivity contribution in [2.75, 3.05) is 45.9 Å². The van der Waals surface area contributed by atoms with Gasteiger partial charge in [-0.05, 0) is 28.4 Å². The number of nitrogens with zero attached hydrogens (tertiary/aromatic N) is 2. The van der Waals surface area contributed by atoms with Crippen LogP contribution in [0.15, 0.2) is 15.9 Å². The summed E-state index contributed by atoms with van der Waals surface area (Å²) < 4.78 is 6.61. The molecule has 2 aliphatic heterocycles. The Kier molecular flexibility index (Phi) is 5.12. The van der Waals surface area contributed by atoms with E-state index in [4.69, 9.17) is 10.5 Å². The van der Waals surface area contributed by atoms with Crippen molar-refractivity contribution in [1.82, 2.24) is 9.80 Å². The Balaban J connectivity index is 1.62. The first-order chi connectivity index (χ1) is 9.78. The van der Waals surface area contributed by atoms with Crippen LogP contribution in [0.2, 0.25) is 0 Å². The van der Waals surface area contributed by atoms with Crippen molar-refractivity contribution in [3.63, 3.8) is 0 Å². The molecule has 0 saturated carbocycles. The summed E-state index contributed by atoms with van der Waals surface area (Å²) in [5.41, 5.74) is 6.03. The molecule has 6 heteroatoms. The number of hydrogen-bond acceptors (Lipinski definition) is 5. The molecule has 0 radical (unpaired) electrons. The van der Waals surface area contributed by atoms with Gasteiger partial charge in [0.1, 0.15) is 0 Å². The largest absolute Gasteiger partial charge is 0.379 e. The minimum absolute atomic E-state index is 0.373. The SMILES string of the molecule is NCC(c1cc(Br)cs1)N1CCC(N2CCOCC2)C1. The third-order valence-electron chi connectivity index (χ3n) is 4.34. The molecule has 4 nitrogen and oxygen atoms in total. The van der Waals surface area contributed by atoms with Gasteiger partial charge in [-0.3, -0.25) is 9.80 Å². The molecular formula is C14H22BrN3OS. The van der Waals surface area contributed by atoms with Crippen LogP contribution in [0.5, 0.6) is 0 Å². The van der Waals surface area contributed by atoms with E-state index in [1.807, 2.05) is 0 Å². The van der Waals surface area contributed by atoms with Crippen LogP contribution in [-0.2, 0) is 4.74 Å². The topological polar surface area (TPSA) is 41.7 Å². The van der Waals surface area contributed by atoms with Gasteiger partial charge in [-0.1, -0.05) is 0 Å². The van der Waals surface area contributed by atoms with Crippen molar-refractivity contribution in [3.05, 3.63) is 20.8 Å². The van der Waals surface area contributed by atoms with Gasteiger partial charge in [0.15, 0.2) is 0 Å². The fourth-order valence-corrected chi connectivity index (χ4v) is 4.83. The lowest BCUT2D eigenvalue weighted by Crippen LogP contribution is -2.45. The van der Waals surface area contributed by atoms with Gasteiger partial charge in [-0.25, -0.2) is 0 Å². The summed E-state index contributed by atoms with van der Waals surface area (Å²) in [6, 6.07) is 3.26. The smallest absolute Gasteiger partial charge is 0.0594 e. The van der Waals surface area contributed by atoms with Crippen molar-refractivity contribution < 1.29 is 4.74 Å². The van der Waals surface area contributed by atoms with E-state index >= 15 is 0 Å². The van der Waals surface area contributed by atoms with Gasteiger partial charge in [0.25, 0.3) is 0 Å². The Morgan fingerprint density at radius 2 is 2.20 bits per heavy atom. The zero-order valence-corrected chi connectivity index (χ0v) is 14.0. The zero-order valence-electron chi connectivity index (χ0n) is 11.6. The lowest BCUT2D eigenvalue weighted by molar-refractivity contribution is 0.0177. The van der Waals surface area contributed by atoms with Crippen molar-refractivity contribution in [2.24, 2.45) is 5.73 Å². The van der Waals surface area contributed by atoms with E-state index < -0.39 is 0 Å². The first-order valence-corrected chi connectivity index (χ1v) is 8.95. The summed E-state index contributed by atoms with van der Waals surface area (Å²) in [5.74, 6) is 0. The molecule has 2 N–H and O–H groups in total. The van der Waals surface area contributed by atoms with Gasteiger partial charge in [-0.15, -0.1) is 11.3 Å². The maximum atomic E-state index is 6.03. The molecule has 2 saturated heterocycles. The van der Waals surface area contributed by atoms with E-state index in [0.717, 1.165) is 39.4 Å². The lowest BCUT2D eigenvalue weighted by Gasteiger charge is -2.33. The van der Waals surface area contributed by atoms with Crippen molar-refractivity contribution in [1.29, 1.82) is 0 Å². The average Bonchev–Trinajstić information content (AvgIpc) is 3.11. The van der Waals surface area contributed by atoms with Crippen LogP contribution >= 0.6 is 27.3 Å². The lowest BCUT2D eigenvalue weighted by atomic mass is 10.2. The van der Waals surface area contributed by atoms with Crippen LogP contribution in [0.3, 0.4) is 0 Å². The number of likely N-dealkylation sites (tertiary alicyclic amines) is 1. The number of nitrogens with two attached hydrogens (primary N) is 1. The highest BCUT2D eigenvalue weighted by Gasteiger charge is 2.32. The molecule has 3 heterocycles. The summed E-state index contributed by atoms with van der Waals surface area (Å²) in [5, 5.41) is 2.15. The van der Waals surface area contributed by atoms with Crippen molar-refractivity contribution in [3.8, 4) is 0 Å². The highest BCUT2D eigenvalue weighted by atomic mass is 79.9. The Hall–Kier alpha value is 0.0200. The van der Waals surface area contributed by atoms with E-state index in [-0.39, 0.29) is 0 Å². The minimum Gasteiger partial charge on any atom is -0.379 e. The molecule has 0 amide bonds. The molecule has 2 aliphatic rings. The van der Waals surface area contributed by atoms with Gasteiger partial charge in [-0.2, -0.15) is 0 Å². The summed E-state index contributed by atoms with van der Waals surface area (Å²) >= 11 is 5.35. The van der Waals surface area contributed by atoms with E-state index in [9.17, 15) is 0 Å². The Morgan fingerprint density at radius 3 is 2.85 bits per heavy atom. The maximum absolute atomic E-state index is 6.03. The normalized spacial score (nSPS) is 27.0. The van der Waals surface area contributed by atoms with E-state index in [1.54, 1.807) is 11.3 Å². The number of ether oxygens (including phenoxy) is 1. The molecule has 20 heavy (non-hydrogen) atoms. The molecule has 2 atom stereocenters. The number of hydrogen-bond donors (Lipinski definition) is 1. The van der Waals surface area contributed by atoms with Crippen LogP contribution in [0.25, 0.3) is 0 Å². The Labute approximate surface area is 133 Å². The van der Waals surface area contributed by atoms with E-state index in [0.29, 0.717) is 18.6 Å². The molecule has 3 rings (SSSR count). The molecule has 0 spiro atoms. The second-order valence-electron chi connectivity index (χ2n) is 5.50. The van der Waals surface area contributed by atoms with Gasteiger partial charge >= 0.3 is 0 Å². The number of rotatable bonds is 4. The minimum atomic E-state index is 0.373. The predicted molar refractivity (Wildman–Crippen MR) is 86.2 cm³/mol. The molecule has 2 unspecified atom stereocenters. The van der Waals surface area contributed by atoms with Crippen LogP contribution in [-0.4, -0.2) is 61.8 Å². The van der Waals surface area contributed by atoms with Crippen LogP contribution in [0, 0.1) is 0 Å². The molecule has 2 fully saturated rings.